The van der Waals surface area contributed by atoms with Crippen LogP contribution in [0.2, 0.25) is 0 Å². The number of benzene rings is 1. The summed E-state index contributed by atoms with van der Waals surface area (Å²) < 4.78 is 5.67. The number of hydrogen-bond acceptors (Lipinski definition) is 1. The van der Waals surface area contributed by atoms with Crippen molar-refractivity contribution in [3.63, 3.8) is 0 Å². The van der Waals surface area contributed by atoms with Crippen molar-refractivity contribution >= 4 is 0 Å². The van der Waals surface area contributed by atoms with Gasteiger partial charge in [-0.2, -0.15) is 0 Å². The molecule has 1 aromatic carbocycles. The number of aryl methyl sites for hydroxylation is 1. The van der Waals surface area contributed by atoms with Crippen LogP contribution in [0.3, 0.4) is 0 Å². The normalized spacial score (nSPS) is 21.2. The lowest BCUT2D eigenvalue weighted by molar-refractivity contribution is 0.288. The first-order valence-corrected chi connectivity index (χ1v) is 6.69. The minimum Gasteiger partial charge on any atom is -0.493 e. The van der Waals surface area contributed by atoms with Crippen LogP contribution in [0, 0.1) is 0 Å². The molecule has 1 nitrogen and oxygen atoms in total. The van der Waals surface area contributed by atoms with Gasteiger partial charge < -0.3 is 4.74 Å². The Morgan fingerprint density at radius 3 is 2.75 bits per heavy atom. The van der Waals surface area contributed by atoms with E-state index in [-0.39, 0.29) is 0 Å². The summed E-state index contributed by atoms with van der Waals surface area (Å²) in [7, 11) is 0. The van der Waals surface area contributed by atoms with Crippen molar-refractivity contribution in [2.24, 2.45) is 0 Å². The number of fused-ring (bicyclic) bond motifs is 1. The lowest BCUT2D eigenvalue weighted by atomic mass is 9.83. The van der Waals surface area contributed by atoms with E-state index in [1.54, 1.807) is 5.56 Å². The predicted molar refractivity (Wildman–Crippen MR) is 66.1 cm³/mol. The maximum Gasteiger partial charge on any atom is 0.122 e. The maximum absolute atomic E-state index is 5.67. The van der Waals surface area contributed by atoms with Crippen LogP contribution in [-0.4, -0.2) is 6.61 Å². The molecule has 1 heteroatoms. The lowest BCUT2D eigenvalue weighted by Crippen LogP contribution is -2.10. The third-order valence-corrected chi connectivity index (χ3v) is 4.01. The summed E-state index contributed by atoms with van der Waals surface area (Å²) in [6, 6.07) is 6.89. The van der Waals surface area contributed by atoms with E-state index in [1.165, 1.54) is 50.5 Å². The lowest BCUT2D eigenvalue weighted by Gasteiger charge is -2.24. The van der Waals surface area contributed by atoms with E-state index in [1.807, 2.05) is 0 Å². The summed E-state index contributed by atoms with van der Waals surface area (Å²) in [5.41, 5.74) is 3.00. The van der Waals surface area contributed by atoms with Crippen molar-refractivity contribution in [1.82, 2.24) is 0 Å². The fourth-order valence-electron chi connectivity index (χ4n) is 3.07. The molecule has 0 aromatic heterocycles. The molecule has 0 N–H and O–H groups in total. The molecule has 86 valence electrons. The summed E-state index contributed by atoms with van der Waals surface area (Å²) in [5, 5.41) is 0. The molecule has 3 rings (SSSR count). The Morgan fingerprint density at radius 2 is 1.88 bits per heavy atom. The molecule has 1 heterocycles. The van der Waals surface area contributed by atoms with Crippen molar-refractivity contribution in [2.45, 2.75) is 50.9 Å². The summed E-state index contributed by atoms with van der Waals surface area (Å²) in [6.45, 7) is 0.899. The average Bonchev–Trinajstić information content (AvgIpc) is 2.39. The molecule has 0 unspecified atom stereocenters. The van der Waals surface area contributed by atoms with Crippen LogP contribution in [0.1, 0.15) is 55.6 Å². The van der Waals surface area contributed by atoms with Gasteiger partial charge in [0.1, 0.15) is 5.75 Å². The second-order valence-electron chi connectivity index (χ2n) is 5.15. The van der Waals surface area contributed by atoms with Crippen molar-refractivity contribution in [3.8, 4) is 5.75 Å². The summed E-state index contributed by atoms with van der Waals surface area (Å²) in [4.78, 5) is 0. The first-order valence-electron chi connectivity index (χ1n) is 6.69. The van der Waals surface area contributed by atoms with Gasteiger partial charge in [0.15, 0.2) is 0 Å². The van der Waals surface area contributed by atoms with Gasteiger partial charge in [-0.25, -0.2) is 0 Å². The molecule has 0 amide bonds. The van der Waals surface area contributed by atoms with Gasteiger partial charge in [0.25, 0.3) is 0 Å². The molecule has 0 radical (unpaired) electrons. The quantitative estimate of drug-likeness (QED) is 0.688. The van der Waals surface area contributed by atoms with Crippen molar-refractivity contribution < 1.29 is 4.74 Å². The zero-order chi connectivity index (χ0) is 10.8. The molecule has 2 aliphatic rings. The molecule has 0 spiro atoms. The number of rotatable bonds is 1. The highest BCUT2D eigenvalue weighted by atomic mass is 16.5. The summed E-state index contributed by atoms with van der Waals surface area (Å²) in [6.07, 6.45) is 9.43. The minimum absolute atomic E-state index is 0.820. The van der Waals surface area contributed by atoms with Crippen LogP contribution < -0.4 is 4.74 Å². The van der Waals surface area contributed by atoms with E-state index in [2.05, 4.69) is 18.2 Å². The fourth-order valence-corrected chi connectivity index (χ4v) is 3.07. The van der Waals surface area contributed by atoms with E-state index in [0.29, 0.717) is 0 Å². The van der Waals surface area contributed by atoms with Crippen LogP contribution in [-0.2, 0) is 6.42 Å². The third-order valence-electron chi connectivity index (χ3n) is 4.01. The molecule has 16 heavy (non-hydrogen) atoms. The van der Waals surface area contributed by atoms with Crippen molar-refractivity contribution in [1.29, 1.82) is 0 Å². The van der Waals surface area contributed by atoms with Gasteiger partial charge in [-0.3, -0.25) is 0 Å². The Morgan fingerprint density at radius 1 is 1.00 bits per heavy atom. The molecule has 1 fully saturated rings. The maximum atomic E-state index is 5.67. The van der Waals surface area contributed by atoms with E-state index >= 15 is 0 Å². The number of ether oxygens (including phenoxy) is 1. The second kappa shape index (κ2) is 4.48. The largest absolute Gasteiger partial charge is 0.493 e. The predicted octanol–water partition coefficient (Wildman–Crippen LogP) is 4.06. The van der Waals surface area contributed by atoms with Crippen LogP contribution in [0.5, 0.6) is 5.75 Å². The van der Waals surface area contributed by atoms with Crippen LogP contribution in [0.25, 0.3) is 0 Å². The minimum atomic E-state index is 0.820. The van der Waals surface area contributed by atoms with E-state index in [0.717, 1.165) is 18.3 Å². The average molecular weight is 216 g/mol. The first-order chi connectivity index (χ1) is 7.93. The Balaban J connectivity index is 1.84. The first kappa shape index (κ1) is 10.2. The van der Waals surface area contributed by atoms with Gasteiger partial charge in [-0.05, 0) is 48.8 Å². The second-order valence-corrected chi connectivity index (χ2v) is 5.15. The van der Waals surface area contributed by atoms with Crippen LogP contribution in [0.4, 0.5) is 0 Å². The topological polar surface area (TPSA) is 9.23 Å². The Bertz CT molecular complexity index is 364. The SMILES string of the molecule is c1cc2c(cc1C1CCCCC1)CCCO2. The summed E-state index contributed by atoms with van der Waals surface area (Å²) >= 11 is 0. The monoisotopic (exact) mass is 216 g/mol. The van der Waals surface area contributed by atoms with Gasteiger partial charge in [0, 0.05) is 0 Å². The Kier molecular flexibility index (Phi) is 2.86. The van der Waals surface area contributed by atoms with Crippen molar-refractivity contribution in [3.05, 3.63) is 29.3 Å². The van der Waals surface area contributed by atoms with Crippen molar-refractivity contribution in [2.75, 3.05) is 6.61 Å². The summed E-state index contributed by atoms with van der Waals surface area (Å²) in [5.74, 6) is 1.95. The molecule has 1 aliphatic carbocycles. The van der Waals surface area contributed by atoms with E-state index in [9.17, 15) is 0 Å². The zero-order valence-electron chi connectivity index (χ0n) is 9.87. The Hall–Kier alpha value is -0.980. The van der Waals surface area contributed by atoms with Crippen LogP contribution in [0.15, 0.2) is 18.2 Å². The molecule has 0 saturated heterocycles. The molecule has 1 aromatic rings. The highest BCUT2D eigenvalue weighted by Crippen LogP contribution is 2.35. The van der Waals surface area contributed by atoms with E-state index < -0.39 is 0 Å². The van der Waals surface area contributed by atoms with E-state index in [4.69, 9.17) is 4.74 Å². The van der Waals surface area contributed by atoms with Gasteiger partial charge >= 0.3 is 0 Å². The standard InChI is InChI=1S/C15H20O/c1-2-5-12(6-3-1)13-8-9-15-14(11-13)7-4-10-16-15/h8-9,11-12H,1-7,10H2. The van der Waals surface area contributed by atoms with Gasteiger partial charge in [0.05, 0.1) is 6.61 Å². The zero-order valence-corrected chi connectivity index (χ0v) is 9.87. The van der Waals surface area contributed by atoms with Crippen LogP contribution >= 0.6 is 0 Å². The number of hydrogen-bond donors (Lipinski definition) is 0. The highest BCUT2D eigenvalue weighted by Gasteiger charge is 2.18. The third kappa shape index (κ3) is 1.95. The smallest absolute Gasteiger partial charge is 0.122 e. The Labute approximate surface area is 97.8 Å². The fraction of sp³-hybridized carbons (Fsp3) is 0.600. The molecule has 1 aliphatic heterocycles. The molecule has 0 bridgehead atoms. The molecular formula is C15H20O. The van der Waals surface area contributed by atoms with Gasteiger partial charge in [-0.15, -0.1) is 0 Å². The highest BCUT2D eigenvalue weighted by molar-refractivity contribution is 5.39. The molecular weight excluding hydrogens is 196 g/mol. The van der Waals surface area contributed by atoms with Gasteiger partial charge in [0.2, 0.25) is 0 Å². The molecule has 0 atom stereocenters. The molecule has 1 saturated carbocycles. The van der Waals surface area contributed by atoms with Gasteiger partial charge in [-0.1, -0.05) is 31.4 Å².